The molecule has 112 valence electrons. The van der Waals surface area contributed by atoms with Gasteiger partial charge in [0.05, 0.1) is 0 Å². The molecule has 20 heavy (non-hydrogen) atoms. The van der Waals surface area contributed by atoms with E-state index >= 15 is 0 Å². The Bertz CT molecular complexity index is 448. The van der Waals surface area contributed by atoms with Gasteiger partial charge in [0.25, 0.3) is 0 Å². The van der Waals surface area contributed by atoms with E-state index in [1.54, 1.807) is 0 Å². The van der Waals surface area contributed by atoms with Crippen molar-refractivity contribution < 1.29 is 0 Å². The maximum atomic E-state index is 3.86. The zero-order valence-corrected chi connectivity index (χ0v) is 15.0. The lowest BCUT2D eigenvalue weighted by molar-refractivity contribution is 0.0811. The molecule has 0 radical (unpaired) electrons. The first-order valence-corrected chi connectivity index (χ1v) is 8.48. The predicted molar refractivity (Wildman–Crippen MR) is 90.9 cm³/mol. The second kappa shape index (κ2) is 5.81. The van der Waals surface area contributed by atoms with Crippen molar-refractivity contribution in [3.63, 3.8) is 0 Å². The summed E-state index contributed by atoms with van der Waals surface area (Å²) in [5.74, 6) is 0. The van der Waals surface area contributed by atoms with Crippen molar-refractivity contribution in [1.29, 1.82) is 0 Å². The average molecular weight is 338 g/mol. The van der Waals surface area contributed by atoms with Gasteiger partial charge in [-0.25, -0.2) is 0 Å². The lowest BCUT2D eigenvalue weighted by atomic mass is 9.63. The highest BCUT2D eigenvalue weighted by Crippen LogP contribution is 2.46. The molecule has 1 aliphatic carbocycles. The maximum absolute atomic E-state index is 3.86. The van der Waals surface area contributed by atoms with Gasteiger partial charge in [-0.1, -0.05) is 61.8 Å². The third-order valence-electron chi connectivity index (χ3n) is 4.41. The number of hydrogen-bond acceptors (Lipinski definition) is 1. The number of benzene rings is 1. The van der Waals surface area contributed by atoms with Crippen molar-refractivity contribution in [2.24, 2.45) is 10.8 Å². The quantitative estimate of drug-likeness (QED) is 0.745. The van der Waals surface area contributed by atoms with Crippen LogP contribution in [0.25, 0.3) is 0 Å². The summed E-state index contributed by atoms with van der Waals surface area (Å²) in [5, 5.41) is 3.86. The Morgan fingerprint density at radius 2 is 1.65 bits per heavy atom. The Balaban J connectivity index is 2.08. The Labute approximate surface area is 132 Å². The molecule has 1 nitrogen and oxygen atoms in total. The second-order valence-corrected chi connectivity index (χ2v) is 8.87. The lowest BCUT2D eigenvalue weighted by Gasteiger charge is -2.46. The molecule has 2 rings (SSSR count). The van der Waals surface area contributed by atoms with E-state index < -0.39 is 0 Å². The van der Waals surface area contributed by atoms with Crippen molar-refractivity contribution in [2.45, 2.75) is 66.0 Å². The highest BCUT2D eigenvalue weighted by Gasteiger charge is 2.38. The molecule has 0 aromatic heterocycles. The minimum atomic E-state index is 0.389. The summed E-state index contributed by atoms with van der Waals surface area (Å²) in [7, 11) is 0. The molecule has 0 unspecified atom stereocenters. The third-order valence-corrected chi connectivity index (χ3v) is 5.13. The summed E-state index contributed by atoms with van der Waals surface area (Å²) in [5.41, 5.74) is 2.23. The van der Waals surface area contributed by atoms with Crippen LogP contribution in [0, 0.1) is 10.8 Å². The third kappa shape index (κ3) is 4.08. The van der Waals surface area contributed by atoms with Crippen molar-refractivity contribution in [2.75, 3.05) is 0 Å². The van der Waals surface area contributed by atoms with Crippen molar-refractivity contribution in [1.82, 2.24) is 5.32 Å². The van der Waals surface area contributed by atoms with Crippen LogP contribution in [0.3, 0.4) is 0 Å². The summed E-state index contributed by atoms with van der Waals surface area (Å²) >= 11 is 3.67. The van der Waals surface area contributed by atoms with E-state index in [-0.39, 0.29) is 0 Å². The summed E-state index contributed by atoms with van der Waals surface area (Å²) < 4.78 is 1.20. The van der Waals surface area contributed by atoms with Crippen LogP contribution in [0.15, 0.2) is 28.7 Å². The fraction of sp³-hybridized carbons (Fsp3) is 0.667. The van der Waals surface area contributed by atoms with Crippen LogP contribution in [-0.4, -0.2) is 6.04 Å². The van der Waals surface area contributed by atoms with E-state index in [9.17, 15) is 0 Å². The summed E-state index contributed by atoms with van der Waals surface area (Å²) in [6.07, 6.45) is 3.86. The van der Waals surface area contributed by atoms with Gasteiger partial charge in [-0.15, -0.1) is 0 Å². The summed E-state index contributed by atoms with van der Waals surface area (Å²) in [4.78, 5) is 0. The van der Waals surface area contributed by atoms with Crippen molar-refractivity contribution in [3.8, 4) is 0 Å². The normalized spacial score (nSPS) is 23.5. The molecular formula is C18H28BrN. The van der Waals surface area contributed by atoms with E-state index in [1.165, 1.54) is 29.3 Å². The fourth-order valence-corrected chi connectivity index (χ4v) is 4.86. The smallest absolute Gasteiger partial charge is 0.0305 e. The molecule has 1 fully saturated rings. The largest absolute Gasteiger partial charge is 0.307 e. The van der Waals surface area contributed by atoms with Crippen LogP contribution >= 0.6 is 15.9 Å². The predicted octanol–water partition coefficient (Wildman–Crippen LogP) is 5.70. The van der Waals surface area contributed by atoms with Crippen molar-refractivity contribution in [3.05, 3.63) is 34.3 Å². The standard InChI is InChI=1S/C18H28BrN/c1-13(15-8-6-7-9-16(15)19)20-14-10-17(2,3)12-18(4,5)11-14/h6-9,13-14,20H,10-12H2,1-5H3/t13-/m1/s1. The van der Waals surface area contributed by atoms with E-state index in [1.807, 2.05) is 0 Å². The second-order valence-electron chi connectivity index (χ2n) is 8.02. The molecule has 1 aliphatic rings. The average Bonchev–Trinajstić information content (AvgIpc) is 2.24. The van der Waals surface area contributed by atoms with Gasteiger partial charge in [0.15, 0.2) is 0 Å². The minimum absolute atomic E-state index is 0.389. The van der Waals surface area contributed by atoms with E-state index in [0.29, 0.717) is 22.9 Å². The Morgan fingerprint density at radius 1 is 1.10 bits per heavy atom. The molecular weight excluding hydrogens is 310 g/mol. The Hall–Kier alpha value is -0.340. The molecule has 1 saturated carbocycles. The van der Waals surface area contributed by atoms with Crippen LogP contribution in [-0.2, 0) is 0 Å². The zero-order valence-electron chi connectivity index (χ0n) is 13.5. The monoisotopic (exact) mass is 337 g/mol. The molecule has 0 aliphatic heterocycles. The molecule has 0 saturated heterocycles. The molecule has 1 atom stereocenters. The van der Waals surface area contributed by atoms with Gasteiger partial charge in [0.1, 0.15) is 0 Å². The first kappa shape index (κ1) is 16.0. The summed E-state index contributed by atoms with van der Waals surface area (Å²) in [6, 6.07) is 9.53. The highest BCUT2D eigenvalue weighted by atomic mass is 79.9. The molecule has 0 spiro atoms. The number of halogens is 1. The number of rotatable bonds is 3. The summed E-state index contributed by atoms with van der Waals surface area (Å²) in [6.45, 7) is 11.9. The Morgan fingerprint density at radius 3 is 2.20 bits per heavy atom. The SMILES string of the molecule is C[C@@H](NC1CC(C)(C)CC(C)(C)C1)c1ccccc1Br. The molecule has 0 amide bonds. The molecule has 1 N–H and O–H groups in total. The van der Waals surface area contributed by atoms with Gasteiger partial charge in [-0.2, -0.15) is 0 Å². The van der Waals surface area contributed by atoms with Crippen LogP contribution in [0.4, 0.5) is 0 Å². The van der Waals surface area contributed by atoms with E-state index in [4.69, 9.17) is 0 Å². The van der Waals surface area contributed by atoms with Gasteiger partial charge in [0, 0.05) is 16.6 Å². The first-order chi connectivity index (χ1) is 9.19. The molecule has 0 bridgehead atoms. The van der Waals surface area contributed by atoms with Gasteiger partial charge in [-0.05, 0) is 48.6 Å². The maximum Gasteiger partial charge on any atom is 0.0305 e. The van der Waals surface area contributed by atoms with Crippen LogP contribution in [0.2, 0.25) is 0 Å². The molecule has 2 heteroatoms. The van der Waals surface area contributed by atoms with Crippen molar-refractivity contribution >= 4 is 15.9 Å². The van der Waals surface area contributed by atoms with Crippen LogP contribution in [0.5, 0.6) is 0 Å². The topological polar surface area (TPSA) is 12.0 Å². The Kier molecular flexibility index (Phi) is 4.66. The lowest BCUT2D eigenvalue weighted by Crippen LogP contribution is -2.44. The van der Waals surface area contributed by atoms with Gasteiger partial charge >= 0.3 is 0 Å². The molecule has 0 heterocycles. The minimum Gasteiger partial charge on any atom is -0.307 e. The van der Waals surface area contributed by atoms with Crippen LogP contribution in [0.1, 0.15) is 65.5 Å². The number of nitrogens with one attached hydrogen (secondary N) is 1. The highest BCUT2D eigenvalue weighted by molar-refractivity contribution is 9.10. The number of hydrogen-bond donors (Lipinski definition) is 1. The fourth-order valence-electron chi connectivity index (χ4n) is 4.23. The zero-order chi connectivity index (χ0) is 15.0. The van der Waals surface area contributed by atoms with Gasteiger partial charge in [-0.3, -0.25) is 0 Å². The van der Waals surface area contributed by atoms with Gasteiger partial charge < -0.3 is 5.32 Å². The van der Waals surface area contributed by atoms with E-state index in [0.717, 1.165) is 0 Å². The first-order valence-electron chi connectivity index (χ1n) is 7.69. The molecule has 1 aromatic rings. The molecule has 1 aromatic carbocycles. The van der Waals surface area contributed by atoms with Crippen LogP contribution < -0.4 is 5.32 Å². The van der Waals surface area contributed by atoms with Gasteiger partial charge in [0.2, 0.25) is 0 Å². The van der Waals surface area contributed by atoms with E-state index in [2.05, 4.69) is 80.1 Å².